The van der Waals surface area contributed by atoms with E-state index in [-0.39, 0.29) is 0 Å². The molecular weight excluding hydrogens is 452 g/mol. The predicted octanol–water partition coefficient (Wildman–Crippen LogP) is 3.61. The summed E-state index contributed by atoms with van der Waals surface area (Å²) >= 11 is 1.36. The van der Waals surface area contributed by atoms with Gasteiger partial charge >= 0.3 is 5.97 Å². The normalized spacial score (nSPS) is 14.2. The highest BCUT2D eigenvalue weighted by atomic mass is 32.2. The molecule has 2 aromatic rings. The molecule has 0 fully saturated rings. The molecule has 0 unspecified atom stereocenters. The van der Waals surface area contributed by atoms with Crippen LogP contribution in [-0.2, 0) is 32.4 Å². The fourth-order valence-corrected chi connectivity index (χ4v) is 6.31. The van der Waals surface area contributed by atoms with Crippen LogP contribution in [0.25, 0.3) is 0 Å². The van der Waals surface area contributed by atoms with E-state index in [4.69, 9.17) is 9.47 Å². The molecule has 0 saturated carbocycles. The Morgan fingerprint density at radius 1 is 1.19 bits per heavy atom. The zero-order chi connectivity index (χ0) is 23.5. The first kappa shape index (κ1) is 24.1. The van der Waals surface area contributed by atoms with Crippen molar-refractivity contribution in [2.45, 2.75) is 45.6 Å². The average Bonchev–Trinajstić information content (AvgIpc) is 3.11. The lowest BCUT2D eigenvalue weighted by Gasteiger charge is -2.28. The fraction of sp³-hybridized carbons (Fsp3) is 0.455. The van der Waals surface area contributed by atoms with Gasteiger partial charge in [0, 0.05) is 4.88 Å². The minimum absolute atomic E-state index is 0.345. The minimum Gasteiger partial charge on any atom is -0.494 e. The molecule has 0 spiro atoms. The molecule has 1 aromatic carbocycles. The molecule has 0 saturated heterocycles. The van der Waals surface area contributed by atoms with Crippen molar-refractivity contribution < 1.29 is 27.5 Å². The Morgan fingerprint density at radius 3 is 2.44 bits per heavy atom. The number of esters is 1. The highest BCUT2D eigenvalue weighted by molar-refractivity contribution is 7.92. The van der Waals surface area contributed by atoms with Gasteiger partial charge < -0.3 is 14.8 Å². The third kappa shape index (κ3) is 5.07. The zero-order valence-electron chi connectivity index (χ0n) is 18.6. The van der Waals surface area contributed by atoms with Crippen molar-refractivity contribution >= 4 is 43.9 Å². The van der Waals surface area contributed by atoms with Crippen molar-refractivity contribution in [3.05, 3.63) is 40.3 Å². The summed E-state index contributed by atoms with van der Waals surface area (Å²) in [5, 5.41) is 3.19. The number of carbonyl (C=O) groups is 2. The van der Waals surface area contributed by atoms with Gasteiger partial charge in [-0.2, -0.15) is 0 Å². The zero-order valence-corrected chi connectivity index (χ0v) is 20.3. The van der Waals surface area contributed by atoms with Gasteiger partial charge in [0.2, 0.25) is 15.9 Å². The van der Waals surface area contributed by atoms with Crippen molar-refractivity contribution in [1.29, 1.82) is 0 Å². The first-order valence-electron chi connectivity index (χ1n) is 10.4. The van der Waals surface area contributed by atoms with Crippen LogP contribution in [0.15, 0.2) is 24.3 Å². The molecule has 0 bridgehead atoms. The molecule has 0 aliphatic heterocycles. The highest BCUT2D eigenvalue weighted by Crippen LogP contribution is 2.39. The van der Waals surface area contributed by atoms with Gasteiger partial charge in [0.05, 0.1) is 31.2 Å². The minimum atomic E-state index is -3.77. The lowest BCUT2D eigenvalue weighted by atomic mass is 9.95. The summed E-state index contributed by atoms with van der Waals surface area (Å²) < 4.78 is 36.5. The molecule has 3 rings (SSSR count). The molecule has 1 amide bonds. The van der Waals surface area contributed by atoms with E-state index in [9.17, 15) is 18.0 Å². The second-order valence-electron chi connectivity index (χ2n) is 7.56. The van der Waals surface area contributed by atoms with Gasteiger partial charge in [0.25, 0.3) is 0 Å². The molecule has 10 heteroatoms. The number of anilines is 2. The number of hydrogen-bond acceptors (Lipinski definition) is 7. The van der Waals surface area contributed by atoms with Crippen LogP contribution in [0, 0.1) is 0 Å². The summed E-state index contributed by atoms with van der Waals surface area (Å²) in [4.78, 5) is 26.6. The number of fused-ring (bicyclic) bond motifs is 1. The first-order chi connectivity index (χ1) is 15.2. The number of amides is 1. The number of hydrogen-bond donors (Lipinski definition) is 1. The molecule has 174 valence electrons. The third-order valence-corrected chi connectivity index (χ3v) is 7.74. The Balaban J connectivity index is 1.90. The monoisotopic (exact) mass is 480 g/mol. The van der Waals surface area contributed by atoms with Crippen molar-refractivity contribution in [3.63, 3.8) is 0 Å². The molecule has 1 N–H and O–H groups in total. The Hall–Kier alpha value is -2.59. The van der Waals surface area contributed by atoms with Gasteiger partial charge in [0.1, 0.15) is 16.8 Å². The number of aryl methyl sites for hydroxylation is 1. The van der Waals surface area contributed by atoms with E-state index >= 15 is 0 Å². The lowest BCUT2D eigenvalue weighted by Crippen LogP contribution is -2.45. The van der Waals surface area contributed by atoms with E-state index in [1.807, 2.05) is 6.92 Å². The molecule has 1 heterocycles. The molecule has 1 aliphatic carbocycles. The molecular formula is C22H28N2O6S2. The Kier molecular flexibility index (Phi) is 7.45. The summed E-state index contributed by atoms with van der Waals surface area (Å²) in [5.41, 5.74) is 1.64. The molecule has 0 radical (unpaired) electrons. The van der Waals surface area contributed by atoms with Gasteiger partial charge in [-0.25, -0.2) is 13.2 Å². The summed E-state index contributed by atoms with van der Waals surface area (Å²) in [7, 11) is -2.46. The van der Waals surface area contributed by atoms with E-state index < -0.39 is 27.9 Å². The SMILES string of the molecule is CCOc1ccc(N([C@@H](C)C(=O)Nc2sc3c(c2C(=O)OC)CCCC3)S(C)(=O)=O)cc1. The number of sulfonamides is 1. The summed E-state index contributed by atoms with van der Waals surface area (Å²) in [6, 6.07) is 5.46. The van der Waals surface area contributed by atoms with E-state index in [2.05, 4.69) is 5.32 Å². The first-order valence-corrected chi connectivity index (χ1v) is 13.1. The second kappa shape index (κ2) is 9.91. The number of nitrogens with zero attached hydrogens (tertiary/aromatic N) is 1. The summed E-state index contributed by atoms with van der Waals surface area (Å²) in [5.74, 6) is -0.430. The van der Waals surface area contributed by atoms with E-state index in [0.717, 1.165) is 46.7 Å². The van der Waals surface area contributed by atoms with Crippen molar-refractivity contribution in [3.8, 4) is 5.75 Å². The van der Waals surface area contributed by atoms with E-state index in [1.54, 1.807) is 24.3 Å². The van der Waals surface area contributed by atoms with Crippen LogP contribution in [0.5, 0.6) is 5.75 Å². The van der Waals surface area contributed by atoms with Crippen LogP contribution in [0.1, 0.15) is 47.5 Å². The maximum atomic E-state index is 13.1. The number of ether oxygens (including phenoxy) is 2. The Morgan fingerprint density at radius 2 is 1.84 bits per heavy atom. The highest BCUT2D eigenvalue weighted by Gasteiger charge is 2.32. The molecule has 1 atom stereocenters. The van der Waals surface area contributed by atoms with Crippen LogP contribution in [0.2, 0.25) is 0 Å². The number of thiophene rings is 1. The van der Waals surface area contributed by atoms with E-state index in [1.165, 1.54) is 25.4 Å². The smallest absolute Gasteiger partial charge is 0.341 e. The molecule has 32 heavy (non-hydrogen) atoms. The average molecular weight is 481 g/mol. The quantitative estimate of drug-likeness (QED) is 0.579. The van der Waals surface area contributed by atoms with Crippen LogP contribution in [0.4, 0.5) is 10.7 Å². The van der Waals surface area contributed by atoms with Gasteiger partial charge in [-0.3, -0.25) is 9.10 Å². The Labute approximate surface area is 192 Å². The van der Waals surface area contributed by atoms with E-state index in [0.29, 0.717) is 28.6 Å². The number of rotatable bonds is 8. The molecule has 1 aromatic heterocycles. The molecule has 8 nitrogen and oxygen atoms in total. The fourth-order valence-electron chi connectivity index (χ4n) is 3.85. The predicted molar refractivity (Wildman–Crippen MR) is 125 cm³/mol. The largest absolute Gasteiger partial charge is 0.494 e. The maximum absolute atomic E-state index is 13.1. The van der Waals surface area contributed by atoms with Crippen LogP contribution >= 0.6 is 11.3 Å². The van der Waals surface area contributed by atoms with Gasteiger partial charge in [0.15, 0.2) is 0 Å². The summed E-state index contributed by atoms with van der Waals surface area (Å²) in [6.45, 7) is 3.85. The number of carbonyl (C=O) groups excluding carboxylic acids is 2. The van der Waals surface area contributed by atoms with Crippen LogP contribution in [0.3, 0.4) is 0 Å². The number of methoxy groups -OCH3 is 1. The maximum Gasteiger partial charge on any atom is 0.341 e. The Bertz CT molecular complexity index is 1090. The third-order valence-electron chi connectivity index (χ3n) is 5.29. The molecule has 1 aliphatic rings. The number of nitrogens with one attached hydrogen (secondary N) is 1. The number of benzene rings is 1. The van der Waals surface area contributed by atoms with Gasteiger partial charge in [-0.05, 0) is 69.4 Å². The van der Waals surface area contributed by atoms with Crippen molar-refractivity contribution in [2.24, 2.45) is 0 Å². The summed E-state index contributed by atoms with van der Waals surface area (Å²) in [6.07, 6.45) is 4.64. The van der Waals surface area contributed by atoms with Crippen molar-refractivity contribution in [2.75, 3.05) is 29.6 Å². The van der Waals surface area contributed by atoms with Crippen LogP contribution < -0.4 is 14.4 Å². The second-order valence-corrected chi connectivity index (χ2v) is 10.5. The van der Waals surface area contributed by atoms with Crippen molar-refractivity contribution in [1.82, 2.24) is 0 Å². The topological polar surface area (TPSA) is 102 Å². The standard InChI is InChI=1S/C22H28N2O6S2/c1-5-30-16-12-10-15(11-13-16)24(32(4,27)28)14(2)20(25)23-21-19(22(26)29-3)17-8-6-7-9-18(17)31-21/h10-14H,5-9H2,1-4H3,(H,23,25)/t14-/m0/s1. The lowest BCUT2D eigenvalue weighted by molar-refractivity contribution is -0.116. The van der Waals surface area contributed by atoms with Crippen LogP contribution in [-0.4, -0.2) is 46.3 Å². The van der Waals surface area contributed by atoms with Gasteiger partial charge in [-0.15, -0.1) is 11.3 Å². The van der Waals surface area contributed by atoms with Gasteiger partial charge in [-0.1, -0.05) is 0 Å².